The van der Waals surface area contributed by atoms with Gasteiger partial charge in [0.25, 0.3) is 11.8 Å². The van der Waals surface area contributed by atoms with Gasteiger partial charge in [-0.2, -0.15) is 0 Å². The van der Waals surface area contributed by atoms with Crippen LogP contribution in [-0.2, 0) is 4.79 Å². The van der Waals surface area contributed by atoms with Crippen LogP contribution in [0.15, 0.2) is 34.7 Å². The molecule has 146 valence electrons. The number of piperidine rings is 1. The van der Waals surface area contributed by atoms with Gasteiger partial charge in [0, 0.05) is 12.2 Å². The largest absolute Gasteiger partial charge is 0.440 e. The number of halogens is 2. The summed E-state index contributed by atoms with van der Waals surface area (Å²) >= 11 is 17.7. The lowest BCUT2D eigenvalue weighted by molar-refractivity contribution is -0.125. The van der Waals surface area contributed by atoms with Crippen molar-refractivity contribution >= 4 is 63.7 Å². The molecule has 6 nitrogen and oxygen atoms in total. The maximum Gasteiger partial charge on any atom is 0.291 e. The number of benzene rings is 1. The van der Waals surface area contributed by atoms with Crippen molar-refractivity contribution in [2.75, 3.05) is 16.8 Å². The van der Waals surface area contributed by atoms with Crippen LogP contribution in [0.4, 0.5) is 11.4 Å². The van der Waals surface area contributed by atoms with Gasteiger partial charge >= 0.3 is 0 Å². The number of nitrogens with zero attached hydrogens (tertiary/aromatic N) is 2. The maximum atomic E-state index is 13.1. The summed E-state index contributed by atoms with van der Waals surface area (Å²) in [6.45, 7) is 2.69. The molecule has 2 aliphatic heterocycles. The quantitative estimate of drug-likeness (QED) is 0.703. The Morgan fingerprint density at radius 2 is 2.04 bits per heavy atom. The summed E-state index contributed by atoms with van der Waals surface area (Å²) in [6.07, 6.45) is 2.76. The van der Waals surface area contributed by atoms with E-state index in [-0.39, 0.29) is 16.9 Å². The molecule has 0 aliphatic carbocycles. The number of rotatable bonds is 3. The molecule has 1 aromatic heterocycles. The maximum absolute atomic E-state index is 13.1. The first kappa shape index (κ1) is 19.2. The molecule has 2 fully saturated rings. The number of furan rings is 1. The molecular formula is C19H17Cl2N3O3S. The number of thiocarbonyl (C=S) groups is 1. The number of hydrogen-bond acceptors (Lipinski definition) is 4. The zero-order valence-electron chi connectivity index (χ0n) is 15.0. The second kappa shape index (κ2) is 7.06. The van der Waals surface area contributed by atoms with E-state index < -0.39 is 11.4 Å². The van der Waals surface area contributed by atoms with E-state index in [1.165, 1.54) is 17.0 Å². The van der Waals surface area contributed by atoms with E-state index in [4.69, 9.17) is 39.8 Å². The Balaban J connectivity index is 1.59. The molecular weight excluding hydrogens is 421 g/mol. The molecule has 2 aliphatic rings. The fourth-order valence-corrected chi connectivity index (χ4v) is 4.59. The molecule has 1 atom stereocenters. The molecule has 1 unspecified atom stereocenters. The summed E-state index contributed by atoms with van der Waals surface area (Å²) in [5.74, 6) is -0.430. The highest BCUT2D eigenvalue weighted by molar-refractivity contribution is 7.80. The van der Waals surface area contributed by atoms with Crippen LogP contribution >= 0.6 is 35.4 Å². The van der Waals surface area contributed by atoms with E-state index in [1.807, 2.05) is 11.8 Å². The number of nitrogens with one attached hydrogen (secondary N) is 1. The second-order valence-electron chi connectivity index (χ2n) is 7.03. The first-order valence-corrected chi connectivity index (χ1v) is 10.00. The molecule has 28 heavy (non-hydrogen) atoms. The smallest absolute Gasteiger partial charge is 0.291 e. The minimum absolute atomic E-state index is 0.0684. The van der Waals surface area contributed by atoms with Crippen molar-refractivity contribution < 1.29 is 14.0 Å². The SMILES string of the molecule is CC12CCCCN1C(=S)N(c1ccc(NC(=O)c3ccc(Cl)o3)cc1Cl)C2=O. The van der Waals surface area contributed by atoms with Crippen LogP contribution in [-0.4, -0.2) is 33.9 Å². The molecule has 2 saturated heterocycles. The van der Waals surface area contributed by atoms with Gasteiger partial charge in [0.2, 0.25) is 0 Å². The van der Waals surface area contributed by atoms with Gasteiger partial charge in [0.15, 0.2) is 16.1 Å². The second-order valence-corrected chi connectivity index (χ2v) is 8.17. The lowest BCUT2D eigenvalue weighted by Gasteiger charge is -2.36. The van der Waals surface area contributed by atoms with Gasteiger partial charge in [-0.3, -0.25) is 14.5 Å². The lowest BCUT2D eigenvalue weighted by atomic mass is 9.89. The normalized spacial score (nSPS) is 21.8. The lowest BCUT2D eigenvalue weighted by Crippen LogP contribution is -2.49. The topological polar surface area (TPSA) is 65.8 Å². The molecule has 3 heterocycles. The van der Waals surface area contributed by atoms with Crippen LogP contribution in [0, 0.1) is 0 Å². The van der Waals surface area contributed by atoms with Gasteiger partial charge in [-0.05, 0) is 80.3 Å². The van der Waals surface area contributed by atoms with Crippen molar-refractivity contribution in [1.29, 1.82) is 0 Å². The molecule has 1 aromatic carbocycles. The number of fused-ring (bicyclic) bond motifs is 1. The van der Waals surface area contributed by atoms with Crippen LogP contribution in [0.2, 0.25) is 10.2 Å². The first-order valence-electron chi connectivity index (χ1n) is 8.84. The highest BCUT2D eigenvalue weighted by Crippen LogP contribution is 2.41. The molecule has 0 bridgehead atoms. The third-order valence-electron chi connectivity index (χ3n) is 5.22. The average Bonchev–Trinajstić information content (AvgIpc) is 3.17. The van der Waals surface area contributed by atoms with E-state index in [0.717, 1.165) is 25.8 Å². The van der Waals surface area contributed by atoms with E-state index in [2.05, 4.69) is 5.32 Å². The molecule has 0 saturated carbocycles. The number of anilines is 2. The molecule has 9 heteroatoms. The van der Waals surface area contributed by atoms with Crippen LogP contribution in [0.5, 0.6) is 0 Å². The first-order chi connectivity index (χ1) is 13.3. The fourth-order valence-electron chi connectivity index (χ4n) is 3.71. The highest BCUT2D eigenvalue weighted by Gasteiger charge is 2.53. The Labute approximate surface area is 177 Å². The van der Waals surface area contributed by atoms with Crippen molar-refractivity contribution in [3.8, 4) is 0 Å². The molecule has 1 N–H and O–H groups in total. The van der Waals surface area contributed by atoms with E-state index in [0.29, 0.717) is 21.5 Å². The minimum Gasteiger partial charge on any atom is -0.440 e. The summed E-state index contributed by atoms with van der Waals surface area (Å²) in [4.78, 5) is 28.8. The van der Waals surface area contributed by atoms with Gasteiger partial charge in [0.05, 0.1) is 10.7 Å². The molecule has 0 spiro atoms. The summed E-state index contributed by atoms with van der Waals surface area (Å²) < 4.78 is 5.09. The molecule has 2 aromatic rings. The number of amides is 2. The zero-order valence-corrected chi connectivity index (χ0v) is 17.3. The Kier molecular flexibility index (Phi) is 4.85. The van der Waals surface area contributed by atoms with E-state index in [9.17, 15) is 9.59 Å². The van der Waals surface area contributed by atoms with Crippen LogP contribution in [0.1, 0.15) is 36.7 Å². The van der Waals surface area contributed by atoms with Crippen LogP contribution in [0.25, 0.3) is 0 Å². The van der Waals surface area contributed by atoms with E-state index >= 15 is 0 Å². The van der Waals surface area contributed by atoms with Gasteiger partial charge in [-0.15, -0.1) is 0 Å². The minimum atomic E-state index is -0.621. The summed E-state index contributed by atoms with van der Waals surface area (Å²) in [5, 5.41) is 3.60. The Bertz CT molecular complexity index is 993. The fraction of sp³-hybridized carbons (Fsp3) is 0.316. The third kappa shape index (κ3) is 3.07. The van der Waals surface area contributed by atoms with Crippen molar-refractivity contribution in [2.45, 2.75) is 31.7 Å². The number of carbonyl (C=O) groups is 2. The Morgan fingerprint density at radius 1 is 1.25 bits per heavy atom. The average molecular weight is 438 g/mol. The van der Waals surface area contributed by atoms with E-state index in [1.54, 1.807) is 18.2 Å². The van der Waals surface area contributed by atoms with Crippen molar-refractivity contribution in [3.05, 3.63) is 46.3 Å². The van der Waals surface area contributed by atoms with Gasteiger partial charge < -0.3 is 14.6 Å². The van der Waals surface area contributed by atoms with Gasteiger partial charge in [-0.1, -0.05) is 11.6 Å². The summed E-state index contributed by atoms with van der Waals surface area (Å²) in [7, 11) is 0. The molecule has 0 radical (unpaired) electrons. The van der Waals surface area contributed by atoms with Gasteiger partial charge in [-0.25, -0.2) is 0 Å². The highest BCUT2D eigenvalue weighted by atomic mass is 35.5. The zero-order chi connectivity index (χ0) is 20.1. The predicted molar refractivity (Wildman–Crippen MR) is 112 cm³/mol. The summed E-state index contributed by atoms with van der Waals surface area (Å²) in [5.41, 5.74) is 0.350. The molecule has 4 rings (SSSR count). The Hall–Kier alpha value is -2.09. The van der Waals surface area contributed by atoms with Gasteiger partial charge in [0.1, 0.15) is 5.54 Å². The number of carbonyl (C=O) groups excluding carboxylic acids is 2. The van der Waals surface area contributed by atoms with Crippen LogP contribution in [0.3, 0.4) is 0 Å². The standard InChI is InChI=1S/C19H17Cl2N3O3S/c1-19-8-2-3-9-23(19)18(28)24(17(19)26)13-5-4-11(10-12(13)20)22-16(25)14-6-7-15(21)27-14/h4-7,10H,2-3,8-9H2,1H3,(H,22,25). The van der Waals surface area contributed by atoms with Crippen molar-refractivity contribution in [3.63, 3.8) is 0 Å². The van der Waals surface area contributed by atoms with Crippen molar-refractivity contribution in [2.24, 2.45) is 0 Å². The number of hydrogen-bond donors (Lipinski definition) is 1. The third-order valence-corrected chi connectivity index (χ3v) is 6.13. The summed E-state index contributed by atoms with van der Waals surface area (Å²) in [6, 6.07) is 7.89. The van der Waals surface area contributed by atoms with Crippen molar-refractivity contribution in [1.82, 2.24) is 4.90 Å². The predicted octanol–water partition coefficient (Wildman–Crippen LogP) is 4.71. The Morgan fingerprint density at radius 3 is 2.68 bits per heavy atom. The monoisotopic (exact) mass is 437 g/mol. The van der Waals surface area contributed by atoms with Crippen LogP contribution < -0.4 is 10.2 Å². The molecule has 2 amide bonds.